The van der Waals surface area contributed by atoms with E-state index in [0.717, 1.165) is 19.1 Å². The van der Waals surface area contributed by atoms with Gasteiger partial charge in [0.05, 0.1) is 31.4 Å². The first-order chi connectivity index (χ1) is 21.0. The zero-order valence-electron chi connectivity index (χ0n) is 24.1. The number of benzene rings is 2. The van der Waals surface area contributed by atoms with Crippen molar-refractivity contribution in [2.24, 2.45) is 0 Å². The van der Waals surface area contributed by atoms with Crippen LogP contribution in [-0.4, -0.2) is 61.0 Å². The van der Waals surface area contributed by atoms with Crippen LogP contribution in [0.2, 0.25) is 10.0 Å². The quantitative estimate of drug-likeness (QED) is 0.301. The molecule has 10 nitrogen and oxygen atoms in total. The molecule has 44 heavy (non-hydrogen) atoms. The second kappa shape index (κ2) is 13.5. The first kappa shape index (κ1) is 32.4. The van der Waals surface area contributed by atoms with E-state index in [4.69, 9.17) is 27.9 Å². The van der Waals surface area contributed by atoms with Crippen LogP contribution in [0.3, 0.4) is 0 Å². The maximum Gasteiger partial charge on any atom is 0.357 e. The Morgan fingerprint density at radius 3 is 2.59 bits per heavy atom. The largest absolute Gasteiger partial charge is 0.461 e. The third-order valence-corrected chi connectivity index (χ3v) is 9.98. The molecule has 2 aromatic carbocycles. The molecule has 1 aliphatic carbocycles. The highest BCUT2D eigenvalue weighted by Crippen LogP contribution is 2.48. The van der Waals surface area contributed by atoms with Crippen molar-refractivity contribution >= 4 is 62.3 Å². The number of esters is 1. The van der Waals surface area contributed by atoms with Crippen molar-refractivity contribution in [1.82, 2.24) is 19.9 Å². The molecule has 1 aliphatic heterocycles. The Morgan fingerprint density at radius 1 is 1.11 bits per heavy atom. The Hall–Kier alpha value is -3.03. The molecule has 1 unspecified atom stereocenters. The van der Waals surface area contributed by atoms with Gasteiger partial charge in [-0.15, -0.1) is 11.3 Å². The van der Waals surface area contributed by atoms with Crippen molar-refractivity contribution in [2.75, 3.05) is 12.9 Å². The third-order valence-electron chi connectivity index (χ3n) is 7.84. The normalized spacial score (nSPS) is 21.9. The lowest BCUT2D eigenvalue weighted by Crippen LogP contribution is -2.59. The van der Waals surface area contributed by atoms with Crippen LogP contribution in [0.25, 0.3) is 0 Å². The number of carbonyl (C=O) groups is 3. The summed E-state index contributed by atoms with van der Waals surface area (Å²) in [7, 11) is -3.60. The van der Waals surface area contributed by atoms with Crippen molar-refractivity contribution in [2.45, 2.75) is 63.2 Å². The van der Waals surface area contributed by atoms with Gasteiger partial charge >= 0.3 is 5.97 Å². The number of nitrogens with zero attached hydrogens (tertiary/aromatic N) is 2. The zero-order valence-corrected chi connectivity index (χ0v) is 27.2. The monoisotopic (exact) mass is 678 g/mol. The van der Waals surface area contributed by atoms with Gasteiger partial charge in [-0.05, 0) is 49.1 Å². The number of sulfonamides is 1. The summed E-state index contributed by atoms with van der Waals surface area (Å²) in [5, 5.41) is 5.70. The molecule has 4 atom stereocenters. The van der Waals surface area contributed by atoms with Crippen LogP contribution < -0.4 is 10.0 Å². The van der Waals surface area contributed by atoms with Gasteiger partial charge in [0.15, 0.2) is 5.69 Å². The summed E-state index contributed by atoms with van der Waals surface area (Å²) in [6, 6.07) is 9.89. The van der Waals surface area contributed by atoms with E-state index in [1.807, 2.05) is 0 Å². The van der Waals surface area contributed by atoms with Gasteiger partial charge < -0.3 is 15.0 Å². The zero-order chi connectivity index (χ0) is 31.6. The average Bonchev–Trinajstić information content (AvgIpc) is 3.45. The van der Waals surface area contributed by atoms with E-state index in [-0.39, 0.29) is 35.7 Å². The first-order valence-corrected chi connectivity index (χ1v) is 17.7. The highest BCUT2D eigenvalue weighted by molar-refractivity contribution is 7.88. The fraction of sp³-hybridized carbons (Fsp3) is 0.400. The lowest BCUT2D eigenvalue weighted by molar-refractivity contribution is -0.124. The smallest absolute Gasteiger partial charge is 0.357 e. The predicted molar refractivity (Wildman–Crippen MR) is 168 cm³/mol. The molecule has 2 amide bonds. The summed E-state index contributed by atoms with van der Waals surface area (Å²) in [5.74, 6) is -2.15. The van der Waals surface area contributed by atoms with E-state index >= 15 is 0 Å². The molecule has 14 heteroatoms. The fourth-order valence-corrected chi connectivity index (χ4v) is 8.14. The van der Waals surface area contributed by atoms with E-state index in [1.54, 1.807) is 59.7 Å². The Kier molecular flexibility index (Phi) is 9.96. The number of halogens is 2. The minimum atomic E-state index is -3.60. The molecular formula is C30H32Cl2N4O6S2. The summed E-state index contributed by atoms with van der Waals surface area (Å²) >= 11 is 14.2. The number of aromatic nitrogens is 1. The van der Waals surface area contributed by atoms with Crippen molar-refractivity contribution in [3.05, 3.63) is 85.3 Å². The SMILES string of the molecule is CCOC(=O)c1csc(CNC(=O)[C@@H]2c3ccccc3C(=O)N(C3CCCC[C@@H]3NS(C)(=O)=O)[C@H]2c2ccc(Cl)cc2Cl)n1. The number of hydrogen-bond acceptors (Lipinski definition) is 8. The summed E-state index contributed by atoms with van der Waals surface area (Å²) < 4.78 is 32.5. The number of fused-ring (bicyclic) bond motifs is 1. The first-order valence-electron chi connectivity index (χ1n) is 14.2. The molecular weight excluding hydrogens is 647 g/mol. The number of thiazole rings is 1. The topological polar surface area (TPSA) is 135 Å². The molecule has 1 saturated carbocycles. The number of hydrogen-bond donors (Lipinski definition) is 2. The molecule has 1 aromatic heterocycles. The molecule has 234 valence electrons. The number of carbonyl (C=O) groups excluding carboxylic acids is 3. The van der Waals surface area contributed by atoms with Crippen LogP contribution in [0.15, 0.2) is 47.8 Å². The van der Waals surface area contributed by atoms with Gasteiger partial charge in [-0.3, -0.25) is 9.59 Å². The summed E-state index contributed by atoms with van der Waals surface area (Å²) in [4.78, 5) is 46.6. The van der Waals surface area contributed by atoms with Crippen molar-refractivity contribution in [1.29, 1.82) is 0 Å². The van der Waals surface area contributed by atoms with Crippen LogP contribution in [0.4, 0.5) is 0 Å². The Bertz CT molecular complexity index is 1680. The second-order valence-corrected chi connectivity index (χ2v) is 14.4. The molecule has 0 bridgehead atoms. The number of nitrogens with one attached hydrogen (secondary N) is 2. The Morgan fingerprint density at radius 2 is 1.86 bits per heavy atom. The van der Waals surface area contributed by atoms with Gasteiger partial charge in [0.2, 0.25) is 15.9 Å². The molecule has 2 heterocycles. The number of rotatable bonds is 9. The van der Waals surface area contributed by atoms with E-state index in [1.165, 1.54) is 11.3 Å². The fourth-order valence-electron chi connectivity index (χ4n) is 6.09. The molecule has 5 rings (SSSR count). The van der Waals surface area contributed by atoms with Gasteiger partial charge in [-0.2, -0.15) is 0 Å². The van der Waals surface area contributed by atoms with Crippen molar-refractivity contribution < 1.29 is 27.5 Å². The summed E-state index contributed by atoms with van der Waals surface area (Å²) in [6.45, 7) is 1.96. The van der Waals surface area contributed by atoms with Gasteiger partial charge in [0.25, 0.3) is 5.91 Å². The van der Waals surface area contributed by atoms with Crippen LogP contribution in [0.5, 0.6) is 0 Å². The molecule has 0 spiro atoms. The van der Waals surface area contributed by atoms with E-state index < -0.39 is 40.0 Å². The van der Waals surface area contributed by atoms with Gasteiger partial charge in [-0.1, -0.05) is 60.3 Å². The highest BCUT2D eigenvalue weighted by Gasteiger charge is 2.49. The lowest BCUT2D eigenvalue weighted by atomic mass is 9.76. The molecule has 0 saturated heterocycles. The summed E-state index contributed by atoms with van der Waals surface area (Å²) in [6.07, 6.45) is 3.74. The molecule has 2 N–H and O–H groups in total. The molecule has 2 aliphatic rings. The predicted octanol–water partition coefficient (Wildman–Crippen LogP) is 5.08. The molecule has 3 aromatic rings. The van der Waals surface area contributed by atoms with Gasteiger partial charge in [0.1, 0.15) is 5.01 Å². The maximum absolute atomic E-state index is 14.4. The van der Waals surface area contributed by atoms with Crippen molar-refractivity contribution in [3.63, 3.8) is 0 Å². The Labute approximate surface area is 270 Å². The average molecular weight is 680 g/mol. The van der Waals surface area contributed by atoms with E-state index in [2.05, 4.69) is 15.0 Å². The maximum atomic E-state index is 14.4. The third kappa shape index (κ3) is 6.94. The standard InChI is InChI=1S/C30H32Cl2N4O6S2/c1-3-42-30(39)23-16-43-25(34-23)15-33-28(37)26-18-8-4-5-9-19(18)29(38)36(27(26)20-13-12-17(31)14-21(20)32)24-11-7-6-10-22(24)35-44(2,40)41/h4-5,8-9,12-14,16,22,24,26-27,35H,3,6-7,10-11,15H2,1-2H3,(H,33,37)/t22-,24?,26+,27-/m0/s1. The van der Waals surface area contributed by atoms with E-state index in [0.29, 0.717) is 39.6 Å². The van der Waals surface area contributed by atoms with Gasteiger partial charge in [-0.25, -0.2) is 22.9 Å². The van der Waals surface area contributed by atoms with Gasteiger partial charge in [0, 0.05) is 33.1 Å². The van der Waals surface area contributed by atoms with Crippen LogP contribution in [-0.2, 0) is 26.1 Å². The lowest BCUT2D eigenvalue weighted by Gasteiger charge is -2.49. The second-order valence-electron chi connectivity index (χ2n) is 10.8. The minimum absolute atomic E-state index is 0.0400. The Balaban J connectivity index is 1.58. The number of amides is 2. The van der Waals surface area contributed by atoms with Crippen LogP contribution in [0.1, 0.15) is 81.5 Å². The number of ether oxygens (including phenoxy) is 1. The summed E-state index contributed by atoms with van der Waals surface area (Å²) in [5.41, 5.74) is 1.56. The van der Waals surface area contributed by atoms with Crippen LogP contribution in [0, 0.1) is 0 Å². The minimum Gasteiger partial charge on any atom is -0.461 e. The highest BCUT2D eigenvalue weighted by atomic mass is 35.5. The molecule has 1 fully saturated rings. The molecule has 0 radical (unpaired) electrons. The van der Waals surface area contributed by atoms with E-state index in [9.17, 15) is 22.8 Å². The van der Waals surface area contributed by atoms with Crippen LogP contribution >= 0.6 is 34.5 Å². The van der Waals surface area contributed by atoms with Crippen molar-refractivity contribution in [3.8, 4) is 0 Å².